The van der Waals surface area contributed by atoms with E-state index in [1.807, 2.05) is 0 Å². The Labute approximate surface area is 161 Å². The number of fused-ring (bicyclic) bond motifs is 1. The van der Waals surface area contributed by atoms with Crippen LogP contribution < -0.4 is 10.6 Å². The Morgan fingerprint density at radius 3 is 2.56 bits per heavy atom. The second-order valence-electron chi connectivity index (χ2n) is 6.09. The second kappa shape index (κ2) is 7.75. The van der Waals surface area contributed by atoms with Gasteiger partial charge in [-0.05, 0) is 31.2 Å². The number of benzene rings is 1. The van der Waals surface area contributed by atoms with Gasteiger partial charge in [0.1, 0.15) is 0 Å². The molecule has 0 aliphatic carbocycles. The Hall–Kier alpha value is -2.30. The molecule has 27 heavy (non-hydrogen) atoms. The SMILES string of the molecule is CCS(=O)(=O)N1CCc2nc(NC(=O)c3ccc(NC(C)=O)cc3)sc2C1. The van der Waals surface area contributed by atoms with Gasteiger partial charge in [-0.3, -0.25) is 14.9 Å². The number of thiazole rings is 1. The Morgan fingerprint density at radius 1 is 1.22 bits per heavy atom. The van der Waals surface area contributed by atoms with E-state index in [-0.39, 0.29) is 17.6 Å². The Balaban J connectivity index is 1.69. The van der Waals surface area contributed by atoms with Crippen molar-refractivity contribution in [2.75, 3.05) is 22.9 Å². The number of carbonyl (C=O) groups excluding carboxylic acids is 2. The van der Waals surface area contributed by atoms with Crippen LogP contribution in [0.4, 0.5) is 10.8 Å². The predicted octanol–water partition coefficient (Wildman–Crippen LogP) is 2.06. The molecule has 1 aromatic carbocycles. The third-order valence-corrected chi connectivity index (χ3v) is 6.97. The largest absolute Gasteiger partial charge is 0.326 e. The summed E-state index contributed by atoms with van der Waals surface area (Å²) in [6.45, 7) is 3.74. The molecule has 0 unspecified atom stereocenters. The van der Waals surface area contributed by atoms with E-state index in [0.717, 1.165) is 10.6 Å². The van der Waals surface area contributed by atoms with Crippen LogP contribution in [0.2, 0.25) is 0 Å². The van der Waals surface area contributed by atoms with E-state index in [0.29, 0.717) is 35.9 Å². The molecule has 0 radical (unpaired) electrons. The van der Waals surface area contributed by atoms with Crippen LogP contribution >= 0.6 is 11.3 Å². The van der Waals surface area contributed by atoms with E-state index in [2.05, 4.69) is 15.6 Å². The lowest BCUT2D eigenvalue weighted by Gasteiger charge is -2.24. The first-order valence-corrected chi connectivity index (χ1v) is 10.9. The van der Waals surface area contributed by atoms with Crippen molar-refractivity contribution in [3.63, 3.8) is 0 Å². The van der Waals surface area contributed by atoms with Crippen LogP contribution in [0, 0.1) is 0 Å². The maximum atomic E-state index is 12.4. The van der Waals surface area contributed by atoms with Crippen LogP contribution in [0.25, 0.3) is 0 Å². The number of hydrogen-bond donors (Lipinski definition) is 2. The highest BCUT2D eigenvalue weighted by Crippen LogP contribution is 2.29. The molecule has 0 spiro atoms. The lowest BCUT2D eigenvalue weighted by molar-refractivity contribution is -0.114. The first-order chi connectivity index (χ1) is 12.8. The minimum absolute atomic E-state index is 0.0687. The van der Waals surface area contributed by atoms with Gasteiger partial charge in [0, 0.05) is 42.6 Å². The van der Waals surface area contributed by atoms with Crippen molar-refractivity contribution in [3.05, 3.63) is 40.4 Å². The van der Waals surface area contributed by atoms with Crippen LogP contribution in [0.5, 0.6) is 0 Å². The van der Waals surface area contributed by atoms with E-state index < -0.39 is 10.0 Å². The Morgan fingerprint density at radius 2 is 1.93 bits per heavy atom. The van der Waals surface area contributed by atoms with E-state index >= 15 is 0 Å². The number of amides is 2. The van der Waals surface area contributed by atoms with Gasteiger partial charge in [0.05, 0.1) is 11.4 Å². The van der Waals surface area contributed by atoms with Crippen LogP contribution in [-0.2, 0) is 27.8 Å². The molecule has 3 rings (SSSR count). The molecule has 0 saturated heterocycles. The summed E-state index contributed by atoms with van der Waals surface area (Å²) < 4.78 is 25.5. The average Bonchev–Trinajstić information content (AvgIpc) is 3.03. The number of hydrogen-bond acceptors (Lipinski definition) is 6. The van der Waals surface area contributed by atoms with Gasteiger partial charge in [0.15, 0.2) is 5.13 Å². The summed E-state index contributed by atoms with van der Waals surface area (Å²) in [4.78, 5) is 28.7. The van der Waals surface area contributed by atoms with Gasteiger partial charge in [-0.2, -0.15) is 4.31 Å². The van der Waals surface area contributed by atoms with Crippen molar-refractivity contribution < 1.29 is 18.0 Å². The van der Waals surface area contributed by atoms with E-state index in [1.165, 1.54) is 22.6 Å². The van der Waals surface area contributed by atoms with Gasteiger partial charge < -0.3 is 5.32 Å². The molecule has 144 valence electrons. The fraction of sp³-hybridized carbons (Fsp3) is 0.353. The summed E-state index contributed by atoms with van der Waals surface area (Å²) in [5, 5.41) is 5.85. The maximum Gasteiger partial charge on any atom is 0.257 e. The predicted molar refractivity (Wildman–Crippen MR) is 104 cm³/mol. The van der Waals surface area contributed by atoms with Crippen molar-refractivity contribution in [3.8, 4) is 0 Å². The van der Waals surface area contributed by atoms with Crippen LogP contribution in [0.15, 0.2) is 24.3 Å². The smallest absolute Gasteiger partial charge is 0.257 e. The number of anilines is 2. The second-order valence-corrected chi connectivity index (χ2v) is 9.43. The molecular formula is C17H20N4O4S2. The van der Waals surface area contributed by atoms with Gasteiger partial charge in [0.25, 0.3) is 5.91 Å². The zero-order valence-electron chi connectivity index (χ0n) is 15.0. The number of nitrogens with zero attached hydrogens (tertiary/aromatic N) is 2. The highest BCUT2D eigenvalue weighted by molar-refractivity contribution is 7.89. The topological polar surface area (TPSA) is 108 Å². The molecule has 0 bridgehead atoms. The monoisotopic (exact) mass is 408 g/mol. The summed E-state index contributed by atoms with van der Waals surface area (Å²) in [6.07, 6.45) is 0.534. The number of carbonyl (C=O) groups is 2. The number of sulfonamides is 1. The summed E-state index contributed by atoms with van der Waals surface area (Å²) >= 11 is 1.29. The lowest BCUT2D eigenvalue weighted by Crippen LogP contribution is -2.36. The molecule has 2 aromatic rings. The van der Waals surface area contributed by atoms with Crippen molar-refractivity contribution in [2.24, 2.45) is 0 Å². The number of rotatable bonds is 5. The molecule has 10 heteroatoms. The van der Waals surface area contributed by atoms with Gasteiger partial charge in [-0.1, -0.05) is 0 Å². The van der Waals surface area contributed by atoms with E-state index in [4.69, 9.17) is 0 Å². The van der Waals surface area contributed by atoms with Crippen LogP contribution in [0.1, 0.15) is 34.8 Å². The molecule has 0 saturated carbocycles. The molecule has 1 aliphatic heterocycles. The van der Waals surface area contributed by atoms with Crippen LogP contribution in [0.3, 0.4) is 0 Å². The summed E-state index contributed by atoms with van der Waals surface area (Å²) in [5.41, 5.74) is 1.88. The highest BCUT2D eigenvalue weighted by Gasteiger charge is 2.28. The third-order valence-electron chi connectivity index (χ3n) is 4.14. The molecule has 2 amide bonds. The molecule has 0 atom stereocenters. The minimum atomic E-state index is -3.24. The Kier molecular flexibility index (Phi) is 5.59. The molecule has 8 nitrogen and oxygen atoms in total. The minimum Gasteiger partial charge on any atom is -0.326 e. The van der Waals surface area contributed by atoms with E-state index in [9.17, 15) is 18.0 Å². The molecule has 1 aliphatic rings. The van der Waals surface area contributed by atoms with Crippen LogP contribution in [-0.4, -0.2) is 41.8 Å². The Bertz CT molecular complexity index is 967. The zero-order chi connectivity index (χ0) is 19.6. The van der Waals surface area contributed by atoms with Crippen molar-refractivity contribution in [1.82, 2.24) is 9.29 Å². The number of aromatic nitrogens is 1. The molecule has 2 heterocycles. The summed E-state index contributed by atoms with van der Waals surface area (Å²) in [6, 6.07) is 6.53. The molecule has 1 aromatic heterocycles. The summed E-state index contributed by atoms with van der Waals surface area (Å²) in [7, 11) is -3.24. The van der Waals surface area contributed by atoms with Gasteiger partial charge in [0.2, 0.25) is 15.9 Å². The van der Waals surface area contributed by atoms with Crippen molar-refractivity contribution in [2.45, 2.75) is 26.8 Å². The first-order valence-electron chi connectivity index (χ1n) is 8.44. The van der Waals surface area contributed by atoms with Gasteiger partial charge >= 0.3 is 0 Å². The van der Waals surface area contributed by atoms with E-state index in [1.54, 1.807) is 31.2 Å². The van der Waals surface area contributed by atoms with Gasteiger partial charge in [-0.15, -0.1) is 11.3 Å². The number of nitrogens with one attached hydrogen (secondary N) is 2. The molecular weight excluding hydrogens is 388 g/mol. The highest BCUT2D eigenvalue weighted by atomic mass is 32.2. The molecule has 0 fully saturated rings. The zero-order valence-corrected chi connectivity index (χ0v) is 16.6. The average molecular weight is 409 g/mol. The maximum absolute atomic E-state index is 12.4. The fourth-order valence-electron chi connectivity index (χ4n) is 2.72. The van der Waals surface area contributed by atoms with Crippen molar-refractivity contribution in [1.29, 1.82) is 0 Å². The normalized spacial score (nSPS) is 14.4. The first kappa shape index (κ1) is 19.5. The quantitative estimate of drug-likeness (QED) is 0.787. The lowest BCUT2D eigenvalue weighted by atomic mass is 10.2. The summed E-state index contributed by atoms with van der Waals surface area (Å²) in [5.74, 6) is -0.424. The molecule has 2 N–H and O–H groups in total. The standard InChI is InChI=1S/C17H20N4O4S2/c1-3-27(24,25)21-9-8-14-15(10-21)26-17(19-14)20-16(23)12-4-6-13(7-5-12)18-11(2)22/h4-7H,3,8-10H2,1-2H3,(H,18,22)(H,19,20,23). The van der Waals surface area contributed by atoms with Gasteiger partial charge in [-0.25, -0.2) is 13.4 Å². The fourth-order valence-corrected chi connectivity index (χ4v) is 4.88. The van der Waals surface area contributed by atoms with Crippen molar-refractivity contribution >= 4 is 44.0 Å². The third kappa shape index (κ3) is 4.52.